The van der Waals surface area contributed by atoms with Crippen molar-refractivity contribution >= 4 is 29.3 Å². The first-order valence-corrected chi connectivity index (χ1v) is 7.41. The number of hydrogen-bond acceptors (Lipinski definition) is 5. The molecule has 2 heterocycles. The van der Waals surface area contributed by atoms with Crippen LogP contribution in [0.1, 0.15) is 10.6 Å². The third-order valence-corrected chi connectivity index (χ3v) is 4.36. The van der Waals surface area contributed by atoms with Gasteiger partial charge >= 0.3 is 5.97 Å². The Morgan fingerprint density at radius 1 is 1.45 bits per heavy atom. The molecule has 104 valence electrons. The van der Waals surface area contributed by atoms with Crippen LogP contribution in [0, 0.1) is 0 Å². The molecule has 5 nitrogen and oxygen atoms in total. The van der Waals surface area contributed by atoms with E-state index in [-0.39, 0.29) is 11.9 Å². The third kappa shape index (κ3) is 2.62. The number of benzene rings is 1. The lowest BCUT2D eigenvalue weighted by atomic mass is 10.1. The number of aromatic nitrogens is 1. The van der Waals surface area contributed by atoms with E-state index in [0.717, 1.165) is 11.5 Å². The highest BCUT2D eigenvalue weighted by molar-refractivity contribution is 8.00. The molecule has 1 aromatic carbocycles. The molecule has 1 aliphatic heterocycles. The van der Waals surface area contributed by atoms with Gasteiger partial charge in [0.05, 0.1) is 5.02 Å². The minimum Gasteiger partial charge on any atom is -0.487 e. The van der Waals surface area contributed by atoms with E-state index in [4.69, 9.17) is 26.0 Å². The number of nitrogens with zero attached hydrogens (tertiary/aromatic N) is 1. The predicted molar refractivity (Wildman–Crippen MR) is 75.6 cm³/mol. The Morgan fingerprint density at radius 3 is 2.80 bits per heavy atom. The molecule has 0 radical (unpaired) electrons. The van der Waals surface area contributed by atoms with Gasteiger partial charge in [-0.05, 0) is 18.2 Å². The van der Waals surface area contributed by atoms with E-state index in [1.165, 1.54) is 6.07 Å². The monoisotopic (exact) mass is 311 g/mol. The molecule has 0 unspecified atom stereocenters. The number of hydrogen-bond donors (Lipinski definition) is 1. The van der Waals surface area contributed by atoms with Crippen LogP contribution in [0.2, 0.25) is 5.02 Å². The Balaban J connectivity index is 1.83. The van der Waals surface area contributed by atoms with Crippen molar-refractivity contribution < 1.29 is 19.2 Å². The molecule has 1 saturated heterocycles. The van der Waals surface area contributed by atoms with Gasteiger partial charge in [-0.3, -0.25) is 0 Å². The molecule has 20 heavy (non-hydrogen) atoms. The SMILES string of the molecule is O=C(O)c1cc(-c2ccc(OC3CSC3)c(Cl)c2)no1. The van der Waals surface area contributed by atoms with Gasteiger partial charge in [0.1, 0.15) is 17.5 Å². The molecule has 0 amide bonds. The Labute approximate surface area is 123 Å². The van der Waals surface area contributed by atoms with E-state index < -0.39 is 5.97 Å². The highest BCUT2D eigenvalue weighted by atomic mass is 35.5. The van der Waals surface area contributed by atoms with Crippen LogP contribution in [0.5, 0.6) is 5.75 Å². The summed E-state index contributed by atoms with van der Waals surface area (Å²) in [6.45, 7) is 0. The lowest BCUT2D eigenvalue weighted by Gasteiger charge is -2.26. The van der Waals surface area contributed by atoms with E-state index in [1.807, 2.05) is 11.8 Å². The van der Waals surface area contributed by atoms with Gasteiger partial charge in [-0.25, -0.2) is 4.79 Å². The second kappa shape index (κ2) is 5.38. The highest BCUT2D eigenvalue weighted by Gasteiger charge is 2.21. The van der Waals surface area contributed by atoms with Gasteiger partial charge in [-0.1, -0.05) is 16.8 Å². The first-order valence-electron chi connectivity index (χ1n) is 5.88. The van der Waals surface area contributed by atoms with Crippen LogP contribution in [0.25, 0.3) is 11.3 Å². The number of halogens is 1. The Hall–Kier alpha value is -1.66. The number of thioether (sulfide) groups is 1. The fraction of sp³-hybridized carbons (Fsp3) is 0.231. The topological polar surface area (TPSA) is 72.6 Å². The van der Waals surface area contributed by atoms with Crippen LogP contribution in [0.4, 0.5) is 0 Å². The third-order valence-electron chi connectivity index (χ3n) is 2.85. The minimum absolute atomic E-state index is 0.206. The molecule has 1 aromatic heterocycles. The molecule has 0 bridgehead atoms. The van der Waals surface area contributed by atoms with Crippen molar-refractivity contribution in [2.75, 3.05) is 11.5 Å². The zero-order valence-corrected chi connectivity index (χ0v) is 11.8. The maximum absolute atomic E-state index is 10.7. The Morgan fingerprint density at radius 2 is 2.25 bits per heavy atom. The van der Waals surface area contributed by atoms with E-state index in [2.05, 4.69) is 5.16 Å². The van der Waals surface area contributed by atoms with Gasteiger partial charge in [0.15, 0.2) is 0 Å². The smallest absolute Gasteiger partial charge is 0.374 e. The molecule has 0 aliphatic carbocycles. The molecule has 7 heteroatoms. The first kappa shape index (κ1) is 13.3. The summed E-state index contributed by atoms with van der Waals surface area (Å²) in [5.41, 5.74) is 1.11. The van der Waals surface area contributed by atoms with Crippen molar-refractivity contribution in [2.24, 2.45) is 0 Å². The van der Waals surface area contributed by atoms with Crippen molar-refractivity contribution in [3.63, 3.8) is 0 Å². The number of ether oxygens (including phenoxy) is 1. The molecule has 1 fully saturated rings. The summed E-state index contributed by atoms with van der Waals surface area (Å²) in [6.07, 6.45) is 0.217. The van der Waals surface area contributed by atoms with Gasteiger partial charge in [0.2, 0.25) is 5.76 Å². The fourth-order valence-electron chi connectivity index (χ4n) is 1.73. The summed E-state index contributed by atoms with van der Waals surface area (Å²) in [5.74, 6) is 1.22. The second-order valence-corrected chi connectivity index (χ2v) is 5.79. The Kier molecular flexibility index (Phi) is 3.58. The molecular weight excluding hydrogens is 302 g/mol. The van der Waals surface area contributed by atoms with Crippen molar-refractivity contribution in [3.8, 4) is 17.0 Å². The van der Waals surface area contributed by atoms with Crippen molar-refractivity contribution in [3.05, 3.63) is 35.0 Å². The largest absolute Gasteiger partial charge is 0.487 e. The van der Waals surface area contributed by atoms with E-state index in [1.54, 1.807) is 18.2 Å². The maximum Gasteiger partial charge on any atom is 0.374 e. The van der Waals surface area contributed by atoms with Crippen molar-refractivity contribution in [1.29, 1.82) is 0 Å². The summed E-state index contributed by atoms with van der Waals surface area (Å²) in [7, 11) is 0. The second-order valence-electron chi connectivity index (χ2n) is 4.30. The van der Waals surface area contributed by atoms with Crippen LogP contribution in [0.3, 0.4) is 0 Å². The van der Waals surface area contributed by atoms with Gasteiger partial charge in [0, 0.05) is 23.1 Å². The molecule has 2 aromatic rings. The van der Waals surface area contributed by atoms with E-state index in [9.17, 15) is 4.79 Å². The van der Waals surface area contributed by atoms with Crippen LogP contribution in [0.15, 0.2) is 28.8 Å². The average Bonchev–Trinajstić information content (AvgIpc) is 2.84. The summed E-state index contributed by atoms with van der Waals surface area (Å²) < 4.78 is 10.4. The van der Waals surface area contributed by atoms with Crippen LogP contribution >= 0.6 is 23.4 Å². The number of carbonyl (C=O) groups is 1. The zero-order valence-electron chi connectivity index (χ0n) is 10.2. The number of carboxylic acid groups (broad SMARTS) is 1. The molecule has 1 N–H and O–H groups in total. The molecule has 0 spiro atoms. The molecule has 0 saturated carbocycles. The highest BCUT2D eigenvalue weighted by Crippen LogP contribution is 2.33. The Bertz CT molecular complexity index is 654. The van der Waals surface area contributed by atoms with Gasteiger partial charge in [0.25, 0.3) is 0 Å². The summed E-state index contributed by atoms with van der Waals surface area (Å²) >= 11 is 8.00. The van der Waals surface area contributed by atoms with Gasteiger partial charge in [-0.2, -0.15) is 11.8 Å². The summed E-state index contributed by atoms with van der Waals surface area (Å²) in [6, 6.07) is 6.58. The standard InChI is InChI=1S/C13H10ClNO4S/c14-9-3-7(10-4-12(13(16)17)19-15-10)1-2-11(9)18-8-5-20-6-8/h1-4,8H,5-6H2,(H,16,17). The lowest BCUT2D eigenvalue weighted by molar-refractivity contribution is 0.0652. The van der Waals surface area contributed by atoms with Crippen LogP contribution in [-0.2, 0) is 0 Å². The van der Waals surface area contributed by atoms with Gasteiger partial charge in [-0.15, -0.1) is 0 Å². The fourth-order valence-corrected chi connectivity index (χ4v) is 2.52. The molecular formula is C13H10ClNO4S. The van der Waals surface area contributed by atoms with E-state index >= 15 is 0 Å². The zero-order chi connectivity index (χ0) is 14.1. The number of aromatic carboxylic acids is 1. The predicted octanol–water partition coefficient (Wildman–Crippen LogP) is 3.19. The first-order chi connectivity index (χ1) is 9.63. The normalized spacial score (nSPS) is 14.8. The van der Waals surface area contributed by atoms with Crippen molar-refractivity contribution in [1.82, 2.24) is 5.16 Å². The van der Waals surface area contributed by atoms with Crippen LogP contribution < -0.4 is 4.74 Å². The number of carboxylic acids is 1. The quantitative estimate of drug-likeness (QED) is 0.935. The van der Waals surface area contributed by atoms with E-state index in [0.29, 0.717) is 22.0 Å². The van der Waals surface area contributed by atoms with Crippen LogP contribution in [-0.4, -0.2) is 33.8 Å². The van der Waals surface area contributed by atoms with Gasteiger partial charge < -0.3 is 14.4 Å². The lowest BCUT2D eigenvalue weighted by Crippen LogP contribution is -2.31. The maximum atomic E-state index is 10.7. The molecule has 3 rings (SSSR count). The summed E-state index contributed by atoms with van der Waals surface area (Å²) in [5, 5.41) is 13.0. The minimum atomic E-state index is -1.16. The number of rotatable bonds is 4. The molecule has 1 aliphatic rings. The average molecular weight is 312 g/mol. The van der Waals surface area contributed by atoms with Crippen molar-refractivity contribution in [2.45, 2.75) is 6.10 Å². The molecule has 0 atom stereocenters. The summed E-state index contributed by atoms with van der Waals surface area (Å²) in [4.78, 5) is 10.7.